The summed E-state index contributed by atoms with van der Waals surface area (Å²) >= 11 is 0. The van der Waals surface area contributed by atoms with Crippen LogP contribution < -0.4 is 5.32 Å². The molecule has 0 spiro atoms. The molecular weight excluding hydrogens is 252 g/mol. The normalized spacial score (nSPS) is 14.2. The fourth-order valence-corrected chi connectivity index (χ4v) is 2.05. The van der Waals surface area contributed by atoms with E-state index in [0.29, 0.717) is 0 Å². The van der Waals surface area contributed by atoms with Crippen molar-refractivity contribution in [3.05, 3.63) is 36.3 Å². The minimum absolute atomic E-state index is 0.193. The fourth-order valence-electron chi connectivity index (χ4n) is 2.05. The van der Waals surface area contributed by atoms with Gasteiger partial charge in [0.25, 0.3) is 0 Å². The number of aliphatic hydroxyl groups is 1. The van der Waals surface area contributed by atoms with Crippen LogP contribution in [0.5, 0.6) is 0 Å². The number of pyridine rings is 1. The Kier molecular flexibility index (Phi) is 4.87. The zero-order valence-electron chi connectivity index (χ0n) is 12.2. The maximum absolute atomic E-state index is 9.18. The second-order valence-electron chi connectivity index (χ2n) is 5.24. The molecule has 2 heterocycles. The lowest BCUT2D eigenvalue weighted by molar-refractivity contribution is 0.207. The highest BCUT2D eigenvalue weighted by atomic mass is 16.3. The molecule has 2 aromatic heterocycles. The molecule has 0 aliphatic carbocycles. The minimum atomic E-state index is 0.193. The molecule has 0 aliphatic heterocycles. The van der Waals surface area contributed by atoms with E-state index in [-0.39, 0.29) is 18.6 Å². The van der Waals surface area contributed by atoms with Crippen LogP contribution in [0.4, 0.5) is 0 Å². The molecule has 108 valence electrons. The summed E-state index contributed by atoms with van der Waals surface area (Å²) in [7, 11) is 1.92. The Balaban J connectivity index is 2.13. The summed E-state index contributed by atoms with van der Waals surface area (Å²) in [6.45, 7) is 5.05. The van der Waals surface area contributed by atoms with Gasteiger partial charge in [-0.2, -0.15) is 5.10 Å². The Hall–Kier alpha value is -1.72. The highest BCUT2D eigenvalue weighted by Crippen LogP contribution is 2.21. The van der Waals surface area contributed by atoms with E-state index < -0.39 is 0 Å². The molecule has 20 heavy (non-hydrogen) atoms. The van der Waals surface area contributed by atoms with E-state index in [0.717, 1.165) is 23.4 Å². The van der Waals surface area contributed by atoms with Crippen molar-refractivity contribution in [1.82, 2.24) is 20.1 Å². The molecule has 0 aromatic carbocycles. The van der Waals surface area contributed by atoms with Crippen molar-refractivity contribution in [1.29, 1.82) is 0 Å². The summed E-state index contributed by atoms with van der Waals surface area (Å²) in [4.78, 5) is 4.04. The average molecular weight is 274 g/mol. The predicted octanol–water partition coefficient (Wildman–Crippen LogP) is 1.59. The number of aryl methyl sites for hydroxylation is 1. The van der Waals surface area contributed by atoms with E-state index in [1.54, 1.807) is 12.4 Å². The van der Waals surface area contributed by atoms with Crippen LogP contribution >= 0.6 is 0 Å². The average Bonchev–Trinajstić information content (AvgIpc) is 2.85. The lowest BCUT2D eigenvalue weighted by Crippen LogP contribution is -2.33. The van der Waals surface area contributed by atoms with Gasteiger partial charge in [0.1, 0.15) is 0 Å². The highest BCUT2D eigenvalue weighted by molar-refractivity contribution is 5.61. The molecule has 2 N–H and O–H groups in total. The van der Waals surface area contributed by atoms with Crippen molar-refractivity contribution in [2.75, 3.05) is 6.61 Å². The van der Waals surface area contributed by atoms with Gasteiger partial charge in [-0.3, -0.25) is 9.67 Å². The number of aromatic nitrogens is 3. The van der Waals surface area contributed by atoms with E-state index in [1.165, 1.54) is 0 Å². The molecule has 0 saturated heterocycles. The lowest BCUT2D eigenvalue weighted by atomic mass is 10.0. The zero-order chi connectivity index (χ0) is 14.5. The summed E-state index contributed by atoms with van der Waals surface area (Å²) in [6, 6.07) is 4.18. The third-order valence-electron chi connectivity index (χ3n) is 3.61. The molecule has 2 aromatic rings. The van der Waals surface area contributed by atoms with Crippen LogP contribution in [0.3, 0.4) is 0 Å². The first-order valence-electron chi connectivity index (χ1n) is 6.89. The van der Waals surface area contributed by atoms with Crippen molar-refractivity contribution < 1.29 is 5.11 Å². The molecule has 2 atom stereocenters. The van der Waals surface area contributed by atoms with Crippen molar-refractivity contribution in [3.8, 4) is 11.3 Å². The summed E-state index contributed by atoms with van der Waals surface area (Å²) in [6.07, 6.45) is 5.58. The lowest BCUT2D eigenvalue weighted by Gasteiger charge is -2.19. The van der Waals surface area contributed by atoms with Gasteiger partial charge in [-0.25, -0.2) is 0 Å². The van der Waals surface area contributed by atoms with Gasteiger partial charge in [0.15, 0.2) is 0 Å². The number of nitrogens with one attached hydrogen (secondary N) is 1. The number of aliphatic hydroxyl groups excluding tert-OH is 1. The SMILES string of the molecule is CC(CO)C(C)NCc1cn(C)nc1-c1ccncc1. The number of nitrogens with zero attached hydrogens (tertiary/aromatic N) is 3. The first kappa shape index (κ1) is 14.7. The summed E-state index contributed by atoms with van der Waals surface area (Å²) < 4.78 is 1.83. The van der Waals surface area contributed by atoms with Gasteiger partial charge in [-0.05, 0) is 25.0 Å². The Labute approximate surface area is 119 Å². The van der Waals surface area contributed by atoms with Gasteiger partial charge in [0.2, 0.25) is 0 Å². The maximum atomic E-state index is 9.18. The molecular formula is C15H22N4O. The zero-order valence-corrected chi connectivity index (χ0v) is 12.2. The Morgan fingerprint density at radius 1 is 1.30 bits per heavy atom. The molecule has 2 unspecified atom stereocenters. The molecule has 5 heteroatoms. The Bertz CT molecular complexity index is 538. The van der Waals surface area contributed by atoms with Gasteiger partial charge < -0.3 is 10.4 Å². The largest absolute Gasteiger partial charge is 0.396 e. The van der Waals surface area contributed by atoms with Crippen LogP contribution in [-0.2, 0) is 13.6 Å². The summed E-state index contributed by atoms with van der Waals surface area (Å²) in [5.41, 5.74) is 3.20. The van der Waals surface area contributed by atoms with Crippen LogP contribution in [0.25, 0.3) is 11.3 Å². The second-order valence-corrected chi connectivity index (χ2v) is 5.24. The Morgan fingerprint density at radius 3 is 2.65 bits per heavy atom. The maximum Gasteiger partial charge on any atom is 0.0969 e. The van der Waals surface area contributed by atoms with Gasteiger partial charge in [0, 0.05) is 56.0 Å². The molecule has 0 bridgehead atoms. The minimum Gasteiger partial charge on any atom is -0.396 e. The van der Waals surface area contributed by atoms with E-state index >= 15 is 0 Å². The third kappa shape index (κ3) is 3.43. The van der Waals surface area contributed by atoms with E-state index in [1.807, 2.05) is 37.0 Å². The van der Waals surface area contributed by atoms with E-state index in [4.69, 9.17) is 0 Å². The molecule has 0 amide bonds. The van der Waals surface area contributed by atoms with Crippen LogP contribution in [0.2, 0.25) is 0 Å². The van der Waals surface area contributed by atoms with Crippen molar-refractivity contribution in [3.63, 3.8) is 0 Å². The smallest absolute Gasteiger partial charge is 0.0969 e. The molecule has 0 radical (unpaired) electrons. The monoisotopic (exact) mass is 274 g/mol. The fraction of sp³-hybridized carbons (Fsp3) is 0.467. The predicted molar refractivity (Wildman–Crippen MR) is 79.0 cm³/mol. The van der Waals surface area contributed by atoms with Crippen molar-refractivity contribution >= 4 is 0 Å². The second kappa shape index (κ2) is 6.63. The molecule has 0 fully saturated rings. The van der Waals surface area contributed by atoms with Crippen molar-refractivity contribution in [2.45, 2.75) is 26.4 Å². The highest BCUT2D eigenvalue weighted by Gasteiger charge is 2.14. The number of hydrogen-bond donors (Lipinski definition) is 2. The Morgan fingerprint density at radius 2 is 2.00 bits per heavy atom. The van der Waals surface area contributed by atoms with Gasteiger partial charge in [0.05, 0.1) is 5.69 Å². The first-order chi connectivity index (χ1) is 9.61. The van der Waals surface area contributed by atoms with Gasteiger partial charge in [-0.1, -0.05) is 6.92 Å². The van der Waals surface area contributed by atoms with Gasteiger partial charge >= 0.3 is 0 Å². The standard InChI is InChI=1S/C15H22N4O/c1-11(10-20)12(2)17-8-14-9-19(3)18-15(14)13-4-6-16-7-5-13/h4-7,9,11-12,17,20H,8,10H2,1-3H3. The third-order valence-corrected chi connectivity index (χ3v) is 3.61. The summed E-state index contributed by atoms with van der Waals surface area (Å²) in [5.74, 6) is 0.232. The number of rotatable bonds is 6. The van der Waals surface area contributed by atoms with Crippen molar-refractivity contribution in [2.24, 2.45) is 13.0 Å². The van der Waals surface area contributed by atoms with Crippen LogP contribution in [0, 0.1) is 5.92 Å². The topological polar surface area (TPSA) is 63.0 Å². The molecule has 5 nitrogen and oxygen atoms in total. The summed E-state index contributed by atoms with van der Waals surface area (Å²) in [5, 5.41) is 17.1. The quantitative estimate of drug-likeness (QED) is 0.839. The molecule has 0 saturated carbocycles. The van der Waals surface area contributed by atoms with E-state index in [9.17, 15) is 5.11 Å². The van der Waals surface area contributed by atoms with Crippen LogP contribution in [0.1, 0.15) is 19.4 Å². The van der Waals surface area contributed by atoms with E-state index in [2.05, 4.69) is 22.3 Å². The molecule has 0 aliphatic rings. The first-order valence-corrected chi connectivity index (χ1v) is 6.89. The molecule has 2 rings (SSSR count). The van der Waals surface area contributed by atoms with Crippen LogP contribution in [-0.4, -0.2) is 32.5 Å². The van der Waals surface area contributed by atoms with Gasteiger partial charge in [-0.15, -0.1) is 0 Å². The van der Waals surface area contributed by atoms with Crippen LogP contribution in [0.15, 0.2) is 30.7 Å². The number of hydrogen-bond acceptors (Lipinski definition) is 4.